The van der Waals surface area contributed by atoms with Crippen LogP contribution in [0, 0.1) is 0 Å². The summed E-state index contributed by atoms with van der Waals surface area (Å²) in [6.45, 7) is 3.34. The maximum Gasteiger partial charge on any atom is 0.387 e. The highest BCUT2D eigenvalue weighted by Gasteiger charge is 2.29. The molecule has 0 aromatic heterocycles. The van der Waals surface area contributed by atoms with Crippen LogP contribution in [0.2, 0.25) is 0 Å². The van der Waals surface area contributed by atoms with E-state index in [1.807, 2.05) is 6.92 Å². The van der Waals surface area contributed by atoms with Gasteiger partial charge >= 0.3 is 6.03 Å². The molecule has 0 bridgehead atoms. The predicted molar refractivity (Wildman–Crippen MR) is 44.9 cm³/mol. The van der Waals surface area contributed by atoms with Gasteiger partial charge in [-0.25, -0.2) is 4.79 Å². The lowest BCUT2D eigenvalue weighted by Crippen LogP contribution is -2.50. The first-order valence-corrected chi connectivity index (χ1v) is 4.16. The number of ether oxygens (including phenoxy) is 1. The van der Waals surface area contributed by atoms with E-state index in [1.165, 1.54) is 0 Å². The number of carbonyl (C=O) groups excluding carboxylic acids is 1. The van der Waals surface area contributed by atoms with Gasteiger partial charge in [0.1, 0.15) is 0 Å². The van der Waals surface area contributed by atoms with Crippen molar-refractivity contribution in [2.45, 2.75) is 19.1 Å². The predicted octanol–water partition coefficient (Wildman–Crippen LogP) is 0.348. The van der Waals surface area contributed by atoms with E-state index in [0.717, 1.165) is 6.54 Å². The molecule has 1 saturated heterocycles. The van der Waals surface area contributed by atoms with E-state index in [1.54, 1.807) is 0 Å². The van der Waals surface area contributed by atoms with Gasteiger partial charge in [-0.1, -0.05) is 5.11 Å². The van der Waals surface area contributed by atoms with Crippen LogP contribution in [0.3, 0.4) is 0 Å². The van der Waals surface area contributed by atoms with Gasteiger partial charge in [0.25, 0.3) is 0 Å². The lowest BCUT2D eigenvalue weighted by molar-refractivity contribution is 0.0259. The van der Waals surface area contributed by atoms with E-state index < -0.39 is 6.03 Å². The third-order valence-corrected chi connectivity index (χ3v) is 2.04. The summed E-state index contributed by atoms with van der Waals surface area (Å²) in [5.41, 5.74) is 0. The minimum Gasteiger partial charge on any atom is -0.375 e. The maximum atomic E-state index is 10.7. The van der Waals surface area contributed by atoms with Gasteiger partial charge in [0.15, 0.2) is 5.84 Å². The summed E-state index contributed by atoms with van der Waals surface area (Å²) in [6.07, 6.45) is -0.0163. The van der Waals surface area contributed by atoms with Crippen molar-refractivity contribution in [2.24, 2.45) is 15.2 Å². The molecule has 0 radical (unpaired) electrons. The SMILES string of the molecule is CC1OCCNC1C1=NC(=O)N=N1. The van der Waals surface area contributed by atoms with Crippen LogP contribution in [0.1, 0.15) is 6.92 Å². The molecule has 2 aliphatic rings. The fourth-order valence-corrected chi connectivity index (χ4v) is 1.39. The van der Waals surface area contributed by atoms with Crippen LogP contribution in [0.5, 0.6) is 0 Å². The number of hydrogen-bond acceptors (Lipinski definition) is 4. The lowest BCUT2D eigenvalue weighted by atomic mass is 10.1. The number of nitrogens with zero attached hydrogens (tertiary/aromatic N) is 3. The molecule has 0 saturated carbocycles. The summed E-state index contributed by atoms with van der Waals surface area (Å²) in [4.78, 5) is 14.4. The van der Waals surface area contributed by atoms with E-state index in [2.05, 4.69) is 20.5 Å². The first-order valence-electron chi connectivity index (χ1n) is 4.16. The van der Waals surface area contributed by atoms with Crippen LogP contribution in [-0.4, -0.2) is 37.2 Å². The zero-order chi connectivity index (χ0) is 9.26. The Hall–Kier alpha value is -1.14. The summed E-state index contributed by atoms with van der Waals surface area (Å²) in [7, 11) is 0. The maximum absolute atomic E-state index is 10.7. The highest BCUT2D eigenvalue weighted by atomic mass is 16.5. The number of amides is 2. The first kappa shape index (κ1) is 8.46. The zero-order valence-corrected chi connectivity index (χ0v) is 7.23. The number of aliphatic imine (C=N–C) groups is 1. The number of hydrogen-bond donors (Lipinski definition) is 1. The summed E-state index contributed by atoms with van der Waals surface area (Å²) in [5, 5.41) is 10.2. The first-order chi connectivity index (χ1) is 6.27. The second-order valence-electron chi connectivity index (χ2n) is 2.96. The molecule has 6 nitrogen and oxygen atoms in total. The van der Waals surface area contributed by atoms with Crippen molar-refractivity contribution in [1.82, 2.24) is 5.32 Å². The van der Waals surface area contributed by atoms with E-state index in [-0.39, 0.29) is 12.1 Å². The molecule has 1 N–H and O–H groups in total. The Kier molecular flexibility index (Phi) is 2.15. The van der Waals surface area contributed by atoms with Crippen LogP contribution < -0.4 is 5.32 Å². The Morgan fingerprint density at radius 2 is 2.38 bits per heavy atom. The highest BCUT2D eigenvalue weighted by Crippen LogP contribution is 2.10. The van der Waals surface area contributed by atoms with Gasteiger partial charge in [-0.2, -0.15) is 4.99 Å². The molecule has 70 valence electrons. The van der Waals surface area contributed by atoms with E-state index >= 15 is 0 Å². The van der Waals surface area contributed by atoms with Crippen LogP contribution in [-0.2, 0) is 4.74 Å². The Labute approximate surface area is 75.1 Å². The highest BCUT2D eigenvalue weighted by molar-refractivity contribution is 6.01. The third kappa shape index (κ3) is 1.63. The molecule has 2 rings (SSSR count). The van der Waals surface area contributed by atoms with Gasteiger partial charge in [0.2, 0.25) is 0 Å². The summed E-state index contributed by atoms with van der Waals surface area (Å²) in [5.74, 6) is 0.428. The van der Waals surface area contributed by atoms with Crippen molar-refractivity contribution >= 4 is 11.9 Å². The van der Waals surface area contributed by atoms with Crippen LogP contribution >= 0.6 is 0 Å². The molecule has 13 heavy (non-hydrogen) atoms. The molecule has 0 spiro atoms. The summed E-state index contributed by atoms with van der Waals surface area (Å²) < 4.78 is 5.38. The molecule has 2 heterocycles. The Morgan fingerprint density at radius 1 is 1.54 bits per heavy atom. The summed E-state index contributed by atoms with van der Waals surface area (Å²) >= 11 is 0. The molecular weight excluding hydrogens is 172 g/mol. The molecule has 2 aliphatic heterocycles. The van der Waals surface area contributed by atoms with E-state index in [9.17, 15) is 4.79 Å². The normalized spacial score (nSPS) is 33.6. The van der Waals surface area contributed by atoms with Gasteiger partial charge in [-0.15, -0.1) is 5.11 Å². The minimum absolute atomic E-state index is 0.0163. The number of carbonyl (C=O) groups is 1. The monoisotopic (exact) mass is 182 g/mol. The van der Waals surface area contributed by atoms with E-state index in [4.69, 9.17) is 4.74 Å². The Balaban J connectivity index is 2.11. The average molecular weight is 182 g/mol. The lowest BCUT2D eigenvalue weighted by Gasteiger charge is -2.28. The Morgan fingerprint density at radius 3 is 3.00 bits per heavy atom. The second-order valence-corrected chi connectivity index (χ2v) is 2.96. The van der Waals surface area contributed by atoms with Gasteiger partial charge in [-0.3, -0.25) is 0 Å². The van der Waals surface area contributed by atoms with Crippen molar-refractivity contribution in [3.63, 3.8) is 0 Å². The smallest absolute Gasteiger partial charge is 0.375 e. The second kappa shape index (κ2) is 3.31. The van der Waals surface area contributed by atoms with E-state index in [0.29, 0.717) is 12.4 Å². The number of nitrogens with one attached hydrogen (secondary N) is 1. The molecular formula is C7H10N4O2. The van der Waals surface area contributed by atoms with Crippen LogP contribution in [0.15, 0.2) is 15.2 Å². The zero-order valence-electron chi connectivity index (χ0n) is 7.23. The molecule has 6 heteroatoms. The Bertz CT molecular complexity index is 286. The third-order valence-electron chi connectivity index (χ3n) is 2.04. The van der Waals surface area contributed by atoms with Gasteiger partial charge in [0.05, 0.1) is 18.8 Å². The molecule has 2 unspecified atom stereocenters. The average Bonchev–Trinajstić information content (AvgIpc) is 2.53. The van der Waals surface area contributed by atoms with Crippen LogP contribution in [0.25, 0.3) is 0 Å². The number of rotatable bonds is 1. The fourth-order valence-electron chi connectivity index (χ4n) is 1.39. The number of morpholine rings is 1. The number of amidine groups is 1. The quantitative estimate of drug-likeness (QED) is 0.635. The molecule has 0 aliphatic carbocycles. The van der Waals surface area contributed by atoms with Gasteiger partial charge < -0.3 is 10.1 Å². The number of azo groups is 1. The van der Waals surface area contributed by atoms with Crippen molar-refractivity contribution in [3.8, 4) is 0 Å². The van der Waals surface area contributed by atoms with Gasteiger partial charge in [-0.05, 0) is 6.92 Å². The van der Waals surface area contributed by atoms with Crippen molar-refractivity contribution < 1.29 is 9.53 Å². The largest absolute Gasteiger partial charge is 0.387 e. The standard InChI is InChI=1S/C7H10N4O2/c1-4-5(8-2-3-13-4)6-9-7(12)11-10-6/h4-5,8H,2-3H2,1H3. The van der Waals surface area contributed by atoms with Gasteiger partial charge in [0, 0.05) is 6.54 Å². The molecule has 1 fully saturated rings. The van der Waals surface area contributed by atoms with Crippen molar-refractivity contribution in [1.29, 1.82) is 0 Å². The number of urea groups is 1. The topological polar surface area (TPSA) is 75.4 Å². The molecule has 2 amide bonds. The molecule has 0 aromatic rings. The van der Waals surface area contributed by atoms with Crippen LogP contribution in [0.4, 0.5) is 4.79 Å². The van der Waals surface area contributed by atoms with Crippen molar-refractivity contribution in [3.05, 3.63) is 0 Å². The fraction of sp³-hybridized carbons (Fsp3) is 0.714. The summed E-state index contributed by atoms with van der Waals surface area (Å²) in [6, 6.07) is -0.640. The molecule has 0 aromatic carbocycles. The minimum atomic E-state index is -0.533. The molecule has 2 atom stereocenters. The van der Waals surface area contributed by atoms with Crippen molar-refractivity contribution in [2.75, 3.05) is 13.2 Å².